The zero-order valence-electron chi connectivity index (χ0n) is 20.1. The number of carbonyl (C=O) groups excluding carboxylic acids is 2. The van der Waals surface area contributed by atoms with Crippen LogP contribution in [0.2, 0.25) is 0 Å². The van der Waals surface area contributed by atoms with Crippen LogP contribution in [-0.2, 0) is 9.59 Å². The fraction of sp³-hybridized carbons (Fsp3) is 0.778. The molecule has 0 amide bonds. The highest BCUT2D eigenvalue weighted by Crippen LogP contribution is 2.58. The molecule has 3 aliphatic carbocycles. The van der Waals surface area contributed by atoms with Gasteiger partial charge in [0.15, 0.2) is 11.6 Å². The predicted molar refractivity (Wildman–Crippen MR) is 123 cm³/mol. The van der Waals surface area contributed by atoms with Gasteiger partial charge in [-0.3, -0.25) is 9.59 Å². The summed E-state index contributed by atoms with van der Waals surface area (Å²) in [5.41, 5.74) is 0.149. The molecule has 0 heterocycles. The summed E-state index contributed by atoms with van der Waals surface area (Å²) in [7, 11) is 0. The standard InChI is InChI=1S/C27H42O4/c1-17(2)7-6-8-18(3)21-9-10-22(26(21,4)13-14-28)20-16-24(30)23-15-19(29)11-12-27(23,5)25(20)31/h15-19,21-22,28-29H,6-14H2,1-5H3/t18-,19+,21-,22?,26-,27+/m1/s1. The zero-order chi connectivity index (χ0) is 23.0. The van der Waals surface area contributed by atoms with E-state index in [-0.39, 0.29) is 29.5 Å². The van der Waals surface area contributed by atoms with Crippen LogP contribution in [0.15, 0.2) is 23.3 Å². The minimum absolute atomic E-state index is 0.0128. The molecule has 3 aliphatic rings. The van der Waals surface area contributed by atoms with Crippen molar-refractivity contribution in [1.29, 1.82) is 0 Å². The molecule has 0 saturated heterocycles. The molecule has 0 aromatic carbocycles. The molecule has 1 fully saturated rings. The van der Waals surface area contributed by atoms with Crippen molar-refractivity contribution in [3.8, 4) is 0 Å². The minimum Gasteiger partial charge on any atom is -0.396 e. The van der Waals surface area contributed by atoms with E-state index in [1.807, 2.05) is 6.92 Å². The molecule has 0 spiro atoms. The Kier molecular flexibility index (Phi) is 7.32. The molecule has 0 bridgehead atoms. The fourth-order valence-electron chi connectivity index (χ4n) is 6.84. The number of Topliss-reactive ketones (excluding diaryl/α,β-unsaturated/α-hetero) is 1. The molecule has 2 N–H and O–H groups in total. The predicted octanol–water partition coefficient (Wildman–Crippen LogP) is 5.03. The van der Waals surface area contributed by atoms with Gasteiger partial charge in [0, 0.05) is 17.8 Å². The second-order valence-corrected chi connectivity index (χ2v) is 11.3. The maximum atomic E-state index is 13.7. The normalized spacial score (nSPS) is 37.0. The Morgan fingerprint density at radius 2 is 1.81 bits per heavy atom. The van der Waals surface area contributed by atoms with Crippen LogP contribution in [-0.4, -0.2) is 34.5 Å². The average Bonchev–Trinajstić information content (AvgIpc) is 3.03. The summed E-state index contributed by atoms with van der Waals surface area (Å²) in [6.45, 7) is 11.1. The maximum Gasteiger partial charge on any atom is 0.183 e. The Labute approximate surface area is 188 Å². The van der Waals surface area contributed by atoms with E-state index >= 15 is 0 Å². The molecule has 174 valence electrons. The highest BCUT2D eigenvalue weighted by Gasteiger charge is 2.54. The largest absolute Gasteiger partial charge is 0.396 e. The van der Waals surface area contributed by atoms with Crippen LogP contribution in [0.1, 0.15) is 86.0 Å². The monoisotopic (exact) mass is 430 g/mol. The molecule has 0 radical (unpaired) electrons. The van der Waals surface area contributed by atoms with Crippen molar-refractivity contribution in [3.63, 3.8) is 0 Å². The van der Waals surface area contributed by atoms with Crippen LogP contribution in [0.25, 0.3) is 0 Å². The molecule has 4 nitrogen and oxygen atoms in total. The van der Waals surface area contributed by atoms with Crippen LogP contribution in [0.4, 0.5) is 0 Å². The third-order valence-electron chi connectivity index (χ3n) is 8.77. The number of rotatable bonds is 8. The van der Waals surface area contributed by atoms with Crippen molar-refractivity contribution < 1.29 is 19.8 Å². The lowest BCUT2D eigenvalue weighted by Gasteiger charge is -2.44. The molecule has 1 unspecified atom stereocenters. The van der Waals surface area contributed by atoms with Crippen LogP contribution in [0.5, 0.6) is 0 Å². The Hall–Kier alpha value is -1.26. The van der Waals surface area contributed by atoms with Gasteiger partial charge in [-0.25, -0.2) is 0 Å². The number of hydrogen-bond acceptors (Lipinski definition) is 4. The average molecular weight is 431 g/mol. The van der Waals surface area contributed by atoms with E-state index in [1.54, 1.807) is 12.2 Å². The first-order valence-electron chi connectivity index (χ1n) is 12.4. The van der Waals surface area contributed by atoms with Crippen molar-refractivity contribution in [2.45, 2.75) is 92.1 Å². The Morgan fingerprint density at radius 1 is 1.10 bits per heavy atom. The van der Waals surface area contributed by atoms with Gasteiger partial charge in [0.2, 0.25) is 0 Å². The molecule has 31 heavy (non-hydrogen) atoms. The van der Waals surface area contributed by atoms with Gasteiger partial charge >= 0.3 is 0 Å². The maximum absolute atomic E-state index is 13.7. The van der Waals surface area contributed by atoms with E-state index in [0.29, 0.717) is 48.2 Å². The van der Waals surface area contributed by atoms with Crippen LogP contribution >= 0.6 is 0 Å². The van der Waals surface area contributed by atoms with Gasteiger partial charge in [0.05, 0.1) is 11.5 Å². The van der Waals surface area contributed by atoms with Gasteiger partial charge in [-0.15, -0.1) is 0 Å². The second-order valence-electron chi connectivity index (χ2n) is 11.3. The molecule has 6 atom stereocenters. The Balaban J connectivity index is 1.89. The zero-order valence-corrected chi connectivity index (χ0v) is 20.1. The molecule has 0 aromatic rings. The number of fused-ring (bicyclic) bond motifs is 1. The van der Waals surface area contributed by atoms with Gasteiger partial charge in [-0.05, 0) is 80.3 Å². The summed E-state index contributed by atoms with van der Waals surface area (Å²) in [6, 6.07) is 0. The highest BCUT2D eigenvalue weighted by molar-refractivity contribution is 6.20. The molecular weight excluding hydrogens is 388 g/mol. The van der Waals surface area contributed by atoms with E-state index in [0.717, 1.165) is 12.8 Å². The summed E-state index contributed by atoms with van der Waals surface area (Å²) in [5, 5.41) is 19.9. The number of aliphatic hydroxyl groups is 2. The third-order valence-corrected chi connectivity index (χ3v) is 8.77. The quantitative estimate of drug-likeness (QED) is 0.566. The molecule has 1 saturated carbocycles. The first kappa shape index (κ1) is 24.4. The van der Waals surface area contributed by atoms with Gasteiger partial charge in [-0.1, -0.05) is 47.0 Å². The summed E-state index contributed by atoms with van der Waals surface area (Å²) < 4.78 is 0. The number of aliphatic hydroxyl groups excluding tert-OH is 2. The summed E-state index contributed by atoms with van der Waals surface area (Å²) in [5.74, 6) is 1.65. The van der Waals surface area contributed by atoms with E-state index in [9.17, 15) is 19.8 Å². The molecule has 0 aliphatic heterocycles. The second kappa shape index (κ2) is 9.31. The van der Waals surface area contributed by atoms with E-state index in [2.05, 4.69) is 27.7 Å². The third kappa shape index (κ3) is 4.48. The lowest BCUT2D eigenvalue weighted by atomic mass is 9.58. The Bertz CT molecular complexity index is 763. The first-order chi connectivity index (χ1) is 14.5. The highest BCUT2D eigenvalue weighted by atomic mass is 16.3. The number of hydrogen-bond donors (Lipinski definition) is 2. The smallest absolute Gasteiger partial charge is 0.183 e. The summed E-state index contributed by atoms with van der Waals surface area (Å²) >= 11 is 0. The summed E-state index contributed by atoms with van der Waals surface area (Å²) in [4.78, 5) is 26.8. The van der Waals surface area contributed by atoms with Crippen molar-refractivity contribution in [3.05, 3.63) is 23.3 Å². The number of carbonyl (C=O) groups is 2. The van der Waals surface area contributed by atoms with E-state index in [1.165, 1.54) is 19.3 Å². The van der Waals surface area contributed by atoms with E-state index in [4.69, 9.17) is 0 Å². The topological polar surface area (TPSA) is 74.6 Å². The van der Waals surface area contributed by atoms with Crippen LogP contribution in [0, 0.1) is 34.5 Å². The van der Waals surface area contributed by atoms with Crippen LogP contribution in [0.3, 0.4) is 0 Å². The van der Waals surface area contributed by atoms with Gasteiger partial charge in [0.25, 0.3) is 0 Å². The molecular formula is C27H42O4. The fourth-order valence-corrected chi connectivity index (χ4v) is 6.84. The van der Waals surface area contributed by atoms with Gasteiger partial charge in [-0.2, -0.15) is 0 Å². The SMILES string of the molecule is CC(C)CCC[C@@H](C)[C@H]1CCC(C2=CC(=O)C3=C[C@@H](O)CC[C@]3(C)C2=O)[C@]1(C)CCO. The van der Waals surface area contributed by atoms with Crippen molar-refractivity contribution in [2.75, 3.05) is 6.61 Å². The lowest BCUT2D eigenvalue weighted by Crippen LogP contribution is -2.45. The molecule has 4 heteroatoms. The Morgan fingerprint density at radius 3 is 2.45 bits per heavy atom. The first-order valence-corrected chi connectivity index (χ1v) is 12.4. The number of allylic oxidation sites excluding steroid dienone is 3. The van der Waals surface area contributed by atoms with Crippen LogP contribution < -0.4 is 0 Å². The van der Waals surface area contributed by atoms with E-state index < -0.39 is 11.5 Å². The van der Waals surface area contributed by atoms with Gasteiger partial charge in [0.1, 0.15) is 0 Å². The van der Waals surface area contributed by atoms with Gasteiger partial charge < -0.3 is 10.2 Å². The van der Waals surface area contributed by atoms with Crippen molar-refractivity contribution in [2.24, 2.45) is 34.5 Å². The van der Waals surface area contributed by atoms with Crippen molar-refractivity contribution >= 4 is 11.6 Å². The summed E-state index contributed by atoms with van der Waals surface area (Å²) in [6.07, 6.45) is 9.77. The molecule has 0 aromatic heterocycles. The molecule has 3 rings (SSSR count). The minimum atomic E-state index is -0.818. The lowest BCUT2D eigenvalue weighted by molar-refractivity contribution is -0.128. The van der Waals surface area contributed by atoms with Crippen molar-refractivity contribution in [1.82, 2.24) is 0 Å². The number of ketones is 2.